The second-order valence-electron chi connectivity index (χ2n) is 8.37. The summed E-state index contributed by atoms with van der Waals surface area (Å²) in [5.74, 6) is -0.865. The number of carboxylic acid groups (broad SMARTS) is 1. The molecule has 33 heavy (non-hydrogen) atoms. The van der Waals surface area contributed by atoms with Gasteiger partial charge in [-0.05, 0) is 54.0 Å². The van der Waals surface area contributed by atoms with Gasteiger partial charge in [0.15, 0.2) is 0 Å². The Labute approximate surface area is 191 Å². The van der Waals surface area contributed by atoms with E-state index in [4.69, 9.17) is 9.94 Å². The fourth-order valence-electron chi connectivity index (χ4n) is 4.08. The first-order valence-corrected chi connectivity index (χ1v) is 11.1. The molecular weight excluding hydrogens is 433 g/mol. The van der Waals surface area contributed by atoms with E-state index in [0.717, 1.165) is 36.8 Å². The normalized spacial score (nSPS) is 15.1. The number of hydrogen-bond donors (Lipinski definition) is 2. The van der Waals surface area contributed by atoms with Crippen LogP contribution in [0.4, 0.5) is 13.2 Å². The number of nitrogens with one attached hydrogen (secondary N) is 1. The van der Waals surface area contributed by atoms with Crippen molar-refractivity contribution >= 4 is 11.7 Å². The van der Waals surface area contributed by atoms with Crippen LogP contribution in [0.5, 0.6) is 0 Å². The van der Waals surface area contributed by atoms with Crippen molar-refractivity contribution in [1.82, 2.24) is 5.32 Å². The zero-order valence-corrected chi connectivity index (χ0v) is 18.6. The van der Waals surface area contributed by atoms with E-state index in [1.54, 1.807) is 19.1 Å². The predicted octanol–water partition coefficient (Wildman–Crippen LogP) is 5.87. The van der Waals surface area contributed by atoms with Crippen molar-refractivity contribution in [3.63, 3.8) is 0 Å². The van der Waals surface area contributed by atoms with Gasteiger partial charge >= 0.3 is 12.1 Å². The summed E-state index contributed by atoms with van der Waals surface area (Å²) in [5, 5.41) is 15.8. The Hall–Kier alpha value is -2.87. The molecule has 5 nitrogen and oxygen atoms in total. The Morgan fingerprint density at radius 1 is 1.12 bits per heavy atom. The Bertz CT molecular complexity index is 966. The number of hydrogen-bond acceptors (Lipinski definition) is 4. The Kier molecular flexibility index (Phi) is 8.49. The maximum atomic E-state index is 13.6. The maximum absolute atomic E-state index is 13.6. The highest BCUT2D eigenvalue weighted by atomic mass is 19.4. The molecule has 2 aromatic rings. The Morgan fingerprint density at radius 2 is 1.79 bits per heavy atom. The second-order valence-corrected chi connectivity index (χ2v) is 8.37. The summed E-state index contributed by atoms with van der Waals surface area (Å²) in [6.07, 6.45) is -0.766. The van der Waals surface area contributed by atoms with Crippen molar-refractivity contribution in [3.05, 3.63) is 70.3 Å². The first-order valence-electron chi connectivity index (χ1n) is 11.1. The number of benzene rings is 2. The molecule has 1 fully saturated rings. The molecule has 2 aromatic carbocycles. The summed E-state index contributed by atoms with van der Waals surface area (Å²) < 4.78 is 40.9. The number of halogens is 3. The molecule has 3 rings (SSSR count). The van der Waals surface area contributed by atoms with Crippen LogP contribution in [-0.4, -0.2) is 23.3 Å². The van der Waals surface area contributed by atoms with E-state index in [1.807, 2.05) is 24.3 Å². The third-order valence-electron chi connectivity index (χ3n) is 5.87. The number of carboxylic acids is 1. The topological polar surface area (TPSA) is 70.9 Å². The fourth-order valence-corrected chi connectivity index (χ4v) is 4.08. The predicted molar refractivity (Wildman–Crippen MR) is 120 cm³/mol. The second kappa shape index (κ2) is 11.3. The van der Waals surface area contributed by atoms with Gasteiger partial charge in [0.1, 0.15) is 6.61 Å². The van der Waals surface area contributed by atoms with Crippen LogP contribution in [0.15, 0.2) is 47.6 Å². The van der Waals surface area contributed by atoms with Crippen LogP contribution in [0.2, 0.25) is 0 Å². The van der Waals surface area contributed by atoms with Crippen molar-refractivity contribution in [2.45, 2.75) is 64.3 Å². The third kappa shape index (κ3) is 7.32. The molecule has 0 bridgehead atoms. The number of aliphatic carboxylic acids is 1. The van der Waals surface area contributed by atoms with Gasteiger partial charge in [0.25, 0.3) is 0 Å². The molecule has 0 atom stereocenters. The lowest BCUT2D eigenvalue weighted by Crippen LogP contribution is -2.17. The van der Waals surface area contributed by atoms with Crippen LogP contribution < -0.4 is 5.32 Å². The van der Waals surface area contributed by atoms with Gasteiger partial charge < -0.3 is 15.3 Å². The molecule has 1 saturated carbocycles. The molecule has 178 valence electrons. The van der Waals surface area contributed by atoms with Crippen LogP contribution in [-0.2, 0) is 29.0 Å². The zero-order chi connectivity index (χ0) is 23.8. The van der Waals surface area contributed by atoms with Crippen molar-refractivity contribution in [3.8, 4) is 0 Å². The van der Waals surface area contributed by atoms with E-state index >= 15 is 0 Å². The molecule has 0 amide bonds. The highest BCUT2D eigenvalue weighted by Gasteiger charge is 2.36. The van der Waals surface area contributed by atoms with E-state index in [-0.39, 0.29) is 18.9 Å². The minimum Gasteiger partial charge on any atom is -0.481 e. The van der Waals surface area contributed by atoms with E-state index in [0.29, 0.717) is 29.9 Å². The van der Waals surface area contributed by atoms with E-state index in [2.05, 4.69) is 10.5 Å². The van der Waals surface area contributed by atoms with Gasteiger partial charge in [-0.15, -0.1) is 0 Å². The smallest absolute Gasteiger partial charge is 0.416 e. The first-order chi connectivity index (χ1) is 15.7. The summed E-state index contributed by atoms with van der Waals surface area (Å²) in [5.41, 5.74) is 2.70. The minimum atomic E-state index is -4.39. The van der Waals surface area contributed by atoms with Crippen LogP contribution in [0.3, 0.4) is 0 Å². The number of nitrogens with zero attached hydrogens (tertiary/aromatic N) is 1. The van der Waals surface area contributed by atoms with Gasteiger partial charge in [-0.1, -0.05) is 54.4 Å². The van der Waals surface area contributed by atoms with E-state index < -0.39 is 17.7 Å². The summed E-state index contributed by atoms with van der Waals surface area (Å²) in [6.45, 7) is 2.67. The van der Waals surface area contributed by atoms with Crippen molar-refractivity contribution in [1.29, 1.82) is 0 Å². The maximum Gasteiger partial charge on any atom is 0.416 e. The van der Waals surface area contributed by atoms with Crippen LogP contribution in [0, 0.1) is 0 Å². The SMILES string of the molecule is C/C(=N/OCc1ccc(C2CCCC2)c(C(F)(F)F)c1)c1ccc(CNCCC(=O)O)cc1. The van der Waals surface area contributed by atoms with Gasteiger partial charge in [-0.25, -0.2) is 0 Å². The summed E-state index contributed by atoms with van der Waals surface area (Å²) >= 11 is 0. The Balaban J connectivity index is 1.58. The van der Waals surface area contributed by atoms with E-state index in [9.17, 15) is 18.0 Å². The third-order valence-corrected chi connectivity index (χ3v) is 5.87. The monoisotopic (exact) mass is 462 g/mol. The minimum absolute atomic E-state index is 0.0211. The molecule has 0 unspecified atom stereocenters. The van der Waals surface area contributed by atoms with Gasteiger partial charge in [0.2, 0.25) is 0 Å². The van der Waals surface area contributed by atoms with Crippen molar-refractivity contribution in [2.24, 2.45) is 5.16 Å². The van der Waals surface area contributed by atoms with Crippen LogP contribution in [0.1, 0.15) is 72.8 Å². The highest BCUT2D eigenvalue weighted by Crippen LogP contribution is 2.41. The zero-order valence-electron chi connectivity index (χ0n) is 18.6. The lowest BCUT2D eigenvalue weighted by atomic mass is 9.91. The quantitative estimate of drug-likeness (QED) is 0.263. The van der Waals surface area contributed by atoms with Crippen LogP contribution >= 0.6 is 0 Å². The molecule has 0 aliphatic heterocycles. The average molecular weight is 463 g/mol. The molecule has 1 aliphatic rings. The van der Waals surface area contributed by atoms with Gasteiger partial charge in [0, 0.05) is 13.1 Å². The molecule has 0 heterocycles. The van der Waals surface area contributed by atoms with Gasteiger partial charge in [0.05, 0.1) is 17.7 Å². The largest absolute Gasteiger partial charge is 0.481 e. The molecule has 1 aliphatic carbocycles. The molecule has 0 radical (unpaired) electrons. The molecule has 0 aromatic heterocycles. The van der Waals surface area contributed by atoms with Gasteiger partial charge in [-0.3, -0.25) is 4.79 Å². The summed E-state index contributed by atoms with van der Waals surface area (Å²) in [6, 6.07) is 12.0. The Morgan fingerprint density at radius 3 is 2.42 bits per heavy atom. The molecule has 8 heteroatoms. The number of alkyl halides is 3. The first kappa shape index (κ1) is 24.8. The molecule has 0 saturated heterocycles. The standard InChI is InChI=1S/C25H29F3N2O3/c1-17(20-9-6-18(7-10-20)15-29-13-12-24(31)32)30-33-16-19-8-11-22(21-4-2-3-5-21)23(14-19)25(26,27)28/h6-11,14,21,29H,2-5,12-13,15-16H2,1H3,(H,31,32)/b30-17-. The summed E-state index contributed by atoms with van der Waals surface area (Å²) in [7, 11) is 0. The van der Waals surface area contributed by atoms with E-state index in [1.165, 1.54) is 6.07 Å². The highest BCUT2D eigenvalue weighted by molar-refractivity contribution is 5.98. The molecular formula is C25H29F3N2O3. The van der Waals surface area contributed by atoms with Crippen LogP contribution in [0.25, 0.3) is 0 Å². The fraction of sp³-hybridized carbons (Fsp3) is 0.440. The van der Waals surface area contributed by atoms with Gasteiger partial charge in [-0.2, -0.15) is 13.2 Å². The lowest BCUT2D eigenvalue weighted by molar-refractivity contribution is -0.138. The summed E-state index contributed by atoms with van der Waals surface area (Å²) in [4.78, 5) is 15.9. The molecule has 2 N–H and O–H groups in total. The van der Waals surface area contributed by atoms with Crippen molar-refractivity contribution in [2.75, 3.05) is 6.54 Å². The lowest BCUT2D eigenvalue weighted by Gasteiger charge is -2.18. The number of oxime groups is 1. The number of carbonyl (C=O) groups is 1. The van der Waals surface area contributed by atoms with Crippen molar-refractivity contribution < 1.29 is 27.9 Å². The average Bonchev–Trinajstić information content (AvgIpc) is 3.31. The number of rotatable bonds is 10. The molecule has 0 spiro atoms.